The van der Waals surface area contributed by atoms with Crippen molar-refractivity contribution in [1.82, 2.24) is 10.6 Å². The maximum Gasteiger partial charge on any atom is 0.327 e. The molecule has 0 bridgehead atoms. The van der Waals surface area contributed by atoms with E-state index in [0.29, 0.717) is 11.4 Å². The Hall–Kier alpha value is -4.16. The third-order valence-electron chi connectivity index (χ3n) is 3.96. The van der Waals surface area contributed by atoms with Gasteiger partial charge in [-0.05, 0) is 24.3 Å². The van der Waals surface area contributed by atoms with E-state index in [2.05, 4.69) is 20.8 Å². The molecule has 0 atom stereocenters. The normalized spacial score (nSPS) is 13.7. The summed E-state index contributed by atoms with van der Waals surface area (Å²) < 4.78 is 0. The largest absolute Gasteiger partial charge is 0.478 e. The number of nitro groups is 1. The average molecular weight is 424 g/mol. The van der Waals surface area contributed by atoms with Gasteiger partial charge in [-0.1, -0.05) is 23.8 Å². The average Bonchev–Trinajstić information content (AvgIpc) is 3.39. The molecule has 2 aromatic carbocycles. The smallest absolute Gasteiger partial charge is 0.327 e. The van der Waals surface area contributed by atoms with E-state index in [-0.39, 0.29) is 28.0 Å². The molecule has 1 amide bonds. The number of nitrogens with one attached hydrogen (secondary N) is 1. The summed E-state index contributed by atoms with van der Waals surface area (Å²) in [5.74, 6) is -1.03. The highest BCUT2D eigenvalue weighted by atomic mass is 32.1. The number of carbonyl (C=O) groups is 1. The number of nitrogens with zero attached hydrogens (tertiary/aromatic N) is 5. The van der Waals surface area contributed by atoms with Gasteiger partial charge in [0.15, 0.2) is 5.70 Å². The van der Waals surface area contributed by atoms with Gasteiger partial charge in [0.05, 0.1) is 10.6 Å². The van der Waals surface area contributed by atoms with Crippen molar-refractivity contribution in [2.45, 2.75) is 0 Å². The van der Waals surface area contributed by atoms with Crippen LogP contribution in [-0.4, -0.2) is 20.9 Å². The summed E-state index contributed by atoms with van der Waals surface area (Å²) in [4.78, 5) is 31.5. The molecule has 0 saturated heterocycles. The molecule has 1 aliphatic rings. The summed E-state index contributed by atoms with van der Waals surface area (Å²) in [7, 11) is 0. The fourth-order valence-electron chi connectivity index (χ4n) is 2.55. The Labute approximate surface area is 172 Å². The van der Waals surface area contributed by atoms with Gasteiger partial charge < -0.3 is 9.94 Å². The molecule has 0 aliphatic carbocycles. The van der Waals surface area contributed by atoms with Crippen LogP contribution in [0.2, 0.25) is 0 Å². The lowest BCUT2D eigenvalue weighted by atomic mass is 10.2. The van der Waals surface area contributed by atoms with Crippen LogP contribution in [0.15, 0.2) is 76.2 Å². The number of hydrogen-bond acceptors (Lipinski definition) is 10. The molecule has 11 nitrogen and oxygen atoms in total. The minimum atomic E-state index is -0.666. The topological polar surface area (TPSA) is 143 Å². The van der Waals surface area contributed by atoms with Gasteiger partial charge in [-0.2, -0.15) is 0 Å². The number of thiazole rings is 1. The third kappa shape index (κ3) is 3.85. The SMILES string of the molecule is O=C(N=Nc1nc(C2=C(O)ONN2c2ccccc2)cs1)c1ccc([N+](=O)[O-])cc1. The third-order valence-corrected chi connectivity index (χ3v) is 4.69. The van der Waals surface area contributed by atoms with Crippen LogP contribution in [0.25, 0.3) is 5.70 Å². The van der Waals surface area contributed by atoms with E-state index < -0.39 is 10.8 Å². The van der Waals surface area contributed by atoms with Gasteiger partial charge in [0, 0.05) is 23.1 Å². The number of aliphatic hydroxyl groups excluding tert-OH is 1. The van der Waals surface area contributed by atoms with E-state index in [1.807, 2.05) is 30.3 Å². The first-order chi connectivity index (χ1) is 14.5. The zero-order valence-electron chi connectivity index (χ0n) is 15.0. The molecule has 2 heterocycles. The van der Waals surface area contributed by atoms with Crippen molar-refractivity contribution in [2.24, 2.45) is 10.2 Å². The number of aromatic nitrogens is 1. The maximum atomic E-state index is 12.1. The molecule has 150 valence electrons. The van der Waals surface area contributed by atoms with Crippen molar-refractivity contribution in [3.63, 3.8) is 0 Å². The van der Waals surface area contributed by atoms with Gasteiger partial charge >= 0.3 is 5.95 Å². The Kier molecular flexibility index (Phi) is 5.15. The number of non-ortho nitro benzene ring substituents is 1. The first kappa shape index (κ1) is 19.2. The van der Waals surface area contributed by atoms with Gasteiger partial charge in [-0.25, -0.2) is 9.99 Å². The molecule has 0 spiro atoms. The predicted molar refractivity (Wildman–Crippen MR) is 107 cm³/mol. The summed E-state index contributed by atoms with van der Waals surface area (Å²) in [6.45, 7) is 0. The molecule has 2 N–H and O–H groups in total. The zero-order valence-corrected chi connectivity index (χ0v) is 15.8. The number of carbonyl (C=O) groups excluding carboxylic acids is 1. The highest BCUT2D eigenvalue weighted by Gasteiger charge is 2.29. The Morgan fingerprint density at radius 3 is 2.63 bits per heavy atom. The van der Waals surface area contributed by atoms with E-state index in [4.69, 9.17) is 4.84 Å². The minimum Gasteiger partial charge on any atom is -0.478 e. The van der Waals surface area contributed by atoms with E-state index >= 15 is 0 Å². The van der Waals surface area contributed by atoms with Crippen LogP contribution in [0.4, 0.5) is 16.5 Å². The lowest BCUT2D eigenvalue weighted by Crippen LogP contribution is -2.30. The number of para-hydroxylation sites is 1. The quantitative estimate of drug-likeness (QED) is 0.354. The summed E-state index contributed by atoms with van der Waals surface area (Å²) in [5, 5.41) is 31.5. The van der Waals surface area contributed by atoms with Gasteiger partial charge in [0.25, 0.3) is 11.6 Å². The van der Waals surface area contributed by atoms with Crippen molar-refractivity contribution in [2.75, 3.05) is 5.01 Å². The van der Waals surface area contributed by atoms with Crippen LogP contribution in [-0.2, 0) is 4.84 Å². The second kappa shape index (κ2) is 8.06. The minimum absolute atomic E-state index is 0.128. The number of aliphatic hydroxyl groups is 1. The molecule has 4 rings (SSSR count). The molecule has 0 unspecified atom stereocenters. The summed E-state index contributed by atoms with van der Waals surface area (Å²) in [6.07, 6.45) is 0. The highest BCUT2D eigenvalue weighted by Crippen LogP contribution is 2.33. The Bertz CT molecular complexity index is 1160. The van der Waals surface area contributed by atoms with Crippen molar-refractivity contribution >= 4 is 39.4 Å². The van der Waals surface area contributed by atoms with Crippen LogP contribution in [0.1, 0.15) is 16.1 Å². The van der Waals surface area contributed by atoms with Crippen LogP contribution in [0.5, 0.6) is 0 Å². The molecule has 0 radical (unpaired) electrons. The number of benzene rings is 2. The van der Waals surface area contributed by atoms with Crippen molar-refractivity contribution < 1.29 is 19.7 Å². The standard InChI is InChI=1S/C18H12N6O5S/c25-16(11-6-8-13(9-7-11)24(27)28)20-21-18-19-14(10-30-18)15-17(26)29-22-23(15)12-4-2-1-3-5-12/h1-10,22,26H. The van der Waals surface area contributed by atoms with E-state index in [1.165, 1.54) is 29.3 Å². The van der Waals surface area contributed by atoms with Crippen molar-refractivity contribution in [3.8, 4) is 0 Å². The van der Waals surface area contributed by atoms with Crippen LogP contribution >= 0.6 is 11.3 Å². The van der Waals surface area contributed by atoms with E-state index in [1.54, 1.807) is 5.38 Å². The number of hydrogen-bond donors (Lipinski definition) is 2. The number of hydrazine groups is 1. The van der Waals surface area contributed by atoms with E-state index in [0.717, 1.165) is 11.3 Å². The Balaban J connectivity index is 1.51. The molecule has 0 saturated carbocycles. The number of azo groups is 1. The van der Waals surface area contributed by atoms with Crippen molar-refractivity contribution in [1.29, 1.82) is 0 Å². The van der Waals surface area contributed by atoms with E-state index in [9.17, 15) is 20.0 Å². The van der Waals surface area contributed by atoms with Crippen molar-refractivity contribution in [3.05, 3.63) is 87.3 Å². The fourth-order valence-corrected chi connectivity index (χ4v) is 3.17. The van der Waals surface area contributed by atoms with Crippen LogP contribution in [0, 0.1) is 10.1 Å². The molecular weight excluding hydrogens is 412 g/mol. The molecular formula is C18H12N6O5S. The number of amides is 1. The second-order valence-corrected chi connectivity index (χ2v) is 6.68. The molecule has 0 fully saturated rings. The maximum absolute atomic E-state index is 12.1. The molecule has 3 aromatic rings. The highest BCUT2D eigenvalue weighted by molar-refractivity contribution is 7.13. The molecule has 1 aromatic heterocycles. The number of rotatable bonds is 5. The Morgan fingerprint density at radius 2 is 1.93 bits per heavy atom. The first-order valence-electron chi connectivity index (χ1n) is 8.40. The molecule has 30 heavy (non-hydrogen) atoms. The zero-order chi connectivity index (χ0) is 21.1. The predicted octanol–water partition coefficient (Wildman–Crippen LogP) is 4.12. The number of anilines is 1. The van der Waals surface area contributed by atoms with Crippen LogP contribution < -0.4 is 10.6 Å². The lowest BCUT2D eigenvalue weighted by Gasteiger charge is -2.17. The number of nitro benzene ring substituents is 1. The second-order valence-electron chi connectivity index (χ2n) is 5.84. The van der Waals surface area contributed by atoms with Gasteiger partial charge in [0.1, 0.15) is 5.69 Å². The monoisotopic (exact) mass is 424 g/mol. The summed E-state index contributed by atoms with van der Waals surface area (Å²) in [6, 6.07) is 14.2. The van der Waals surface area contributed by atoms with Gasteiger partial charge in [0.2, 0.25) is 5.13 Å². The van der Waals surface area contributed by atoms with Gasteiger partial charge in [-0.15, -0.1) is 21.6 Å². The first-order valence-corrected chi connectivity index (χ1v) is 9.28. The molecule has 12 heteroatoms. The molecule has 1 aliphatic heterocycles. The van der Waals surface area contributed by atoms with Crippen LogP contribution in [0.3, 0.4) is 0 Å². The lowest BCUT2D eigenvalue weighted by molar-refractivity contribution is -0.384. The fraction of sp³-hybridized carbons (Fsp3) is 0. The summed E-state index contributed by atoms with van der Waals surface area (Å²) in [5.41, 5.74) is 3.96. The Morgan fingerprint density at radius 1 is 1.20 bits per heavy atom. The van der Waals surface area contributed by atoms with Gasteiger partial charge in [-0.3, -0.25) is 14.9 Å². The summed E-state index contributed by atoms with van der Waals surface area (Å²) >= 11 is 1.11.